The minimum Gasteiger partial charge on any atom is -0.480 e. The van der Waals surface area contributed by atoms with Gasteiger partial charge in [-0.2, -0.15) is 9.97 Å². The van der Waals surface area contributed by atoms with Crippen LogP contribution >= 0.6 is 0 Å². The topological polar surface area (TPSA) is 189 Å². The molecule has 0 bridgehead atoms. The number of ether oxygens (including phenoxy) is 2. The SMILES string of the molecule is CC(C)(C)OC(=O)C(N)CN(CC(=O)O)C(=O)Cn1cnc2c(OCc3ccccc3)nc(N)nc21. The number of anilines is 1. The third kappa shape index (κ3) is 7.12. The van der Waals surface area contributed by atoms with E-state index in [1.807, 2.05) is 30.3 Å². The number of esters is 1. The monoisotopic (exact) mass is 499 g/mol. The molecule has 0 spiro atoms. The molecule has 2 heterocycles. The number of aliphatic carboxylic acids is 1. The molecule has 3 aromatic rings. The third-order valence-corrected chi connectivity index (χ3v) is 4.78. The minimum absolute atomic E-state index is 0.0888. The van der Waals surface area contributed by atoms with Crippen LogP contribution in [0.25, 0.3) is 11.2 Å². The van der Waals surface area contributed by atoms with E-state index in [9.17, 15) is 19.5 Å². The Morgan fingerprint density at radius 2 is 1.86 bits per heavy atom. The van der Waals surface area contributed by atoms with E-state index in [4.69, 9.17) is 20.9 Å². The Kier molecular flexibility index (Phi) is 8.04. The highest BCUT2D eigenvalue weighted by Crippen LogP contribution is 2.23. The molecular weight excluding hydrogens is 470 g/mol. The molecule has 192 valence electrons. The molecule has 0 aliphatic heterocycles. The molecule has 5 N–H and O–H groups in total. The van der Waals surface area contributed by atoms with Gasteiger partial charge in [0.2, 0.25) is 17.7 Å². The number of carbonyl (C=O) groups is 3. The van der Waals surface area contributed by atoms with Crippen LogP contribution < -0.4 is 16.2 Å². The van der Waals surface area contributed by atoms with Gasteiger partial charge < -0.3 is 35.5 Å². The molecular formula is C23H29N7O6. The van der Waals surface area contributed by atoms with Crippen molar-refractivity contribution in [1.82, 2.24) is 24.4 Å². The van der Waals surface area contributed by atoms with E-state index < -0.39 is 36.0 Å². The van der Waals surface area contributed by atoms with Crippen molar-refractivity contribution in [2.45, 2.75) is 45.6 Å². The van der Waals surface area contributed by atoms with Crippen LogP contribution in [0.3, 0.4) is 0 Å². The van der Waals surface area contributed by atoms with Crippen molar-refractivity contribution < 1.29 is 29.0 Å². The Balaban J connectivity index is 1.78. The van der Waals surface area contributed by atoms with Crippen LogP contribution in [0.4, 0.5) is 5.95 Å². The standard InChI is InChI=1S/C23H29N7O6/c1-23(2,3)36-21(34)15(24)9-29(11-17(32)33)16(31)10-30-13-26-18-19(30)27-22(25)28-20(18)35-12-14-7-5-4-6-8-14/h4-8,13,15H,9-12,24H2,1-3H3,(H,32,33)(H2,25,27,28). The van der Waals surface area contributed by atoms with Gasteiger partial charge in [-0.15, -0.1) is 0 Å². The number of nitrogen functional groups attached to an aromatic ring is 1. The number of hydrogen-bond acceptors (Lipinski definition) is 10. The van der Waals surface area contributed by atoms with Gasteiger partial charge in [-0.1, -0.05) is 30.3 Å². The van der Waals surface area contributed by atoms with Crippen molar-refractivity contribution in [3.63, 3.8) is 0 Å². The van der Waals surface area contributed by atoms with Crippen molar-refractivity contribution >= 4 is 35.0 Å². The first kappa shape index (κ1) is 26.3. The van der Waals surface area contributed by atoms with Crippen LogP contribution in [0.1, 0.15) is 26.3 Å². The van der Waals surface area contributed by atoms with E-state index >= 15 is 0 Å². The van der Waals surface area contributed by atoms with E-state index in [2.05, 4.69) is 15.0 Å². The molecule has 1 unspecified atom stereocenters. The number of aromatic nitrogens is 4. The number of amides is 1. The highest BCUT2D eigenvalue weighted by atomic mass is 16.6. The van der Waals surface area contributed by atoms with Crippen LogP contribution in [-0.2, 0) is 32.3 Å². The Hall–Kier alpha value is -4.26. The Morgan fingerprint density at radius 1 is 1.17 bits per heavy atom. The summed E-state index contributed by atoms with van der Waals surface area (Å²) in [5, 5.41) is 9.27. The van der Waals surface area contributed by atoms with Gasteiger partial charge in [0.1, 0.15) is 31.3 Å². The molecule has 36 heavy (non-hydrogen) atoms. The van der Waals surface area contributed by atoms with Gasteiger partial charge in [-0.05, 0) is 26.3 Å². The fraction of sp³-hybridized carbons (Fsp3) is 0.391. The average molecular weight is 500 g/mol. The molecule has 0 radical (unpaired) electrons. The molecule has 0 aliphatic carbocycles. The molecule has 13 heteroatoms. The molecule has 0 saturated carbocycles. The largest absolute Gasteiger partial charge is 0.480 e. The number of hydrogen-bond donors (Lipinski definition) is 3. The van der Waals surface area contributed by atoms with Crippen molar-refractivity contribution in [2.75, 3.05) is 18.8 Å². The van der Waals surface area contributed by atoms with Gasteiger partial charge in [0.25, 0.3) is 0 Å². The summed E-state index contributed by atoms with van der Waals surface area (Å²) < 4.78 is 12.4. The zero-order valence-electron chi connectivity index (χ0n) is 20.2. The number of carbonyl (C=O) groups excluding carboxylic acids is 2. The molecule has 0 saturated heterocycles. The molecule has 0 aliphatic rings. The van der Waals surface area contributed by atoms with E-state index in [0.29, 0.717) is 0 Å². The maximum atomic E-state index is 13.0. The Bertz CT molecular complexity index is 1240. The Morgan fingerprint density at radius 3 is 2.50 bits per heavy atom. The van der Waals surface area contributed by atoms with E-state index in [1.54, 1.807) is 20.8 Å². The Labute approximate surface area is 207 Å². The van der Waals surface area contributed by atoms with Crippen molar-refractivity contribution in [3.8, 4) is 5.88 Å². The first-order valence-electron chi connectivity index (χ1n) is 11.1. The van der Waals surface area contributed by atoms with Gasteiger partial charge in [0.05, 0.1) is 6.33 Å². The fourth-order valence-electron chi connectivity index (χ4n) is 3.23. The summed E-state index contributed by atoms with van der Waals surface area (Å²) in [4.78, 5) is 50.1. The second-order valence-electron chi connectivity index (χ2n) is 9.01. The number of imidazole rings is 1. The number of rotatable bonds is 10. The summed E-state index contributed by atoms with van der Waals surface area (Å²) in [5.41, 5.74) is 12.4. The zero-order valence-corrected chi connectivity index (χ0v) is 20.2. The van der Waals surface area contributed by atoms with Gasteiger partial charge in [-0.25, -0.2) is 4.98 Å². The van der Waals surface area contributed by atoms with E-state index in [-0.39, 0.29) is 42.7 Å². The molecule has 0 fully saturated rings. The average Bonchev–Trinajstić information content (AvgIpc) is 3.18. The van der Waals surface area contributed by atoms with Crippen LogP contribution in [-0.4, -0.2) is 72.1 Å². The van der Waals surface area contributed by atoms with Crippen LogP contribution in [0.5, 0.6) is 5.88 Å². The second kappa shape index (κ2) is 11.0. The molecule has 1 amide bonds. The van der Waals surface area contributed by atoms with E-state index in [0.717, 1.165) is 10.5 Å². The molecule has 3 rings (SSSR count). The fourth-order valence-corrected chi connectivity index (χ4v) is 3.23. The molecule has 1 atom stereocenters. The highest BCUT2D eigenvalue weighted by Gasteiger charge is 2.28. The van der Waals surface area contributed by atoms with Gasteiger partial charge >= 0.3 is 11.9 Å². The zero-order chi connectivity index (χ0) is 26.5. The summed E-state index contributed by atoms with van der Waals surface area (Å²) in [6.07, 6.45) is 1.35. The summed E-state index contributed by atoms with van der Waals surface area (Å²) in [7, 11) is 0. The number of benzene rings is 1. The number of nitrogens with two attached hydrogens (primary N) is 2. The molecule has 1 aromatic carbocycles. The van der Waals surface area contributed by atoms with Gasteiger partial charge in [0.15, 0.2) is 11.2 Å². The smallest absolute Gasteiger partial charge is 0.325 e. The summed E-state index contributed by atoms with van der Waals surface area (Å²) in [6, 6.07) is 8.18. The summed E-state index contributed by atoms with van der Waals surface area (Å²) >= 11 is 0. The number of nitrogens with zero attached hydrogens (tertiary/aromatic N) is 5. The lowest BCUT2D eigenvalue weighted by Gasteiger charge is -2.26. The van der Waals surface area contributed by atoms with Gasteiger partial charge in [0, 0.05) is 6.54 Å². The first-order chi connectivity index (χ1) is 16.9. The number of carboxylic acids is 1. The predicted molar refractivity (Wildman–Crippen MR) is 129 cm³/mol. The van der Waals surface area contributed by atoms with Crippen molar-refractivity contribution in [3.05, 3.63) is 42.2 Å². The first-order valence-corrected chi connectivity index (χ1v) is 11.1. The second-order valence-corrected chi connectivity index (χ2v) is 9.01. The lowest BCUT2D eigenvalue weighted by atomic mass is 10.2. The van der Waals surface area contributed by atoms with E-state index in [1.165, 1.54) is 10.9 Å². The minimum atomic E-state index is -1.27. The number of carboxylic acid groups (broad SMARTS) is 1. The molecule has 2 aromatic heterocycles. The maximum absolute atomic E-state index is 13.0. The normalized spacial score (nSPS) is 12.2. The lowest BCUT2D eigenvalue weighted by molar-refractivity contribution is -0.158. The van der Waals surface area contributed by atoms with Gasteiger partial charge in [-0.3, -0.25) is 14.4 Å². The van der Waals surface area contributed by atoms with Crippen LogP contribution in [0, 0.1) is 0 Å². The third-order valence-electron chi connectivity index (χ3n) is 4.78. The summed E-state index contributed by atoms with van der Waals surface area (Å²) in [5.74, 6) is -2.59. The van der Waals surface area contributed by atoms with Crippen LogP contribution in [0.15, 0.2) is 36.7 Å². The summed E-state index contributed by atoms with van der Waals surface area (Å²) in [6.45, 7) is 3.89. The van der Waals surface area contributed by atoms with Crippen LogP contribution in [0.2, 0.25) is 0 Å². The highest BCUT2D eigenvalue weighted by molar-refractivity contribution is 5.85. The molecule has 13 nitrogen and oxygen atoms in total. The quantitative estimate of drug-likeness (QED) is 0.331. The number of fused-ring (bicyclic) bond motifs is 1. The lowest BCUT2D eigenvalue weighted by Crippen LogP contribution is -2.49. The van der Waals surface area contributed by atoms with Crippen molar-refractivity contribution in [2.24, 2.45) is 5.73 Å². The van der Waals surface area contributed by atoms with Crippen molar-refractivity contribution in [1.29, 1.82) is 0 Å². The maximum Gasteiger partial charge on any atom is 0.325 e. The predicted octanol–water partition coefficient (Wildman–Crippen LogP) is 0.570.